The van der Waals surface area contributed by atoms with Crippen LogP contribution in [0, 0.1) is 11.7 Å². The van der Waals surface area contributed by atoms with Crippen LogP contribution < -0.4 is 0 Å². The zero-order chi connectivity index (χ0) is 13.3. The molecular weight excluding hydrogens is 229 g/mol. The van der Waals surface area contributed by atoms with Crippen molar-refractivity contribution in [3.63, 3.8) is 0 Å². The Morgan fingerprint density at radius 3 is 2.50 bits per heavy atom. The molecule has 1 aromatic carbocycles. The molecule has 0 spiro atoms. The van der Waals surface area contributed by atoms with Gasteiger partial charge >= 0.3 is 0 Å². The Balaban J connectivity index is 2.16. The maximum Gasteiger partial charge on any atom is 0.138 e. The Hall–Kier alpha value is -1.22. The minimum Gasteiger partial charge on any atom is -0.299 e. The molecular formula is C15H20FNO. The van der Waals surface area contributed by atoms with Crippen LogP contribution in [-0.2, 0) is 4.79 Å². The average molecular weight is 249 g/mol. The number of likely N-dealkylation sites (tertiary alicyclic amines) is 1. The number of nitrogens with zero attached hydrogens (tertiary/aromatic N) is 1. The lowest BCUT2D eigenvalue weighted by Crippen LogP contribution is -2.47. The van der Waals surface area contributed by atoms with Gasteiger partial charge in [0.05, 0.1) is 0 Å². The van der Waals surface area contributed by atoms with Crippen LogP contribution >= 0.6 is 0 Å². The minimum absolute atomic E-state index is 0.0849. The van der Waals surface area contributed by atoms with Gasteiger partial charge in [0.1, 0.15) is 11.6 Å². The van der Waals surface area contributed by atoms with Crippen LogP contribution in [0.4, 0.5) is 4.39 Å². The summed E-state index contributed by atoms with van der Waals surface area (Å²) >= 11 is 0. The van der Waals surface area contributed by atoms with Crippen molar-refractivity contribution in [1.82, 2.24) is 4.90 Å². The summed E-state index contributed by atoms with van der Waals surface area (Å²) < 4.78 is 12.9. The van der Waals surface area contributed by atoms with Gasteiger partial charge in [0, 0.05) is 31.0 Å². The summed E-state index contributed by atoms with van der Waals surface area (Å²) in [6.07, 6.45) is 0.622. The molecule has 0 aliphatic carbocycles. The predicted molar refractivity (Wildman–Crippen MR) is 69.8 cm³/mol. The number of hydrogen-bond acceptors (Lipinski definition) is 2. The van der Waals surface area contributed by atoms with E-state index in [0.717, 1.165) is 12.1 Å². The van der Waals surface area contributed by atoms with Gasteiger partial charge in [-0.2, -0.15) is 0 Å². The molecule has 98 valence electrons. The highest BCUT2D eigenvalue weighted by Gasteiger charge is 2.33. The molecule has 1 aliphatic rings. The summed E-state index contributed by atoms with van der Waals surface area (Å²) in [5.41, 5.74) is 1.10. The van der Waals surface area contributed by atoms with Crippen LogP contribution in [0.2, 0.25) is 0 Å². The van der Waals surface area contributed by atoms with Crippen LogP contribution in [0.15, 0.2) is 24.3 Å². The molecule has 0 bridgehead atoms. The molecule has 2 rings (SSSR count). The number of halogens is 1. The summed E-state index contributed by atoms with van der Waals surface area (Å²) in [7, 11) is 0. The highest BCUT2D eigenvalue weighted by Crippen LogP contribution is 2.29. The fraction of sp³-hybridized carbons (Fsp3) is 0.533. The van der Waals surface area contributed by atoms with Crippen LogP contribution in [0.3, 0.4) is 0 Å². The lowest BCUT2D eigenvalue weighted by molar-refractivity contribution is -0.128. The SMILES string of the molecule is CC1C(=O)CCN(C(C)c2ccc(F)cc2)C1C. The lowest BCUT2D eigenvalue weighted by atomic mass is 9.88. The molecule has 3 heteroatoms. The first kappa shape index (κ1) is 13.2. The van der Waals surface area contributed by atoms with Crippen molar-refractivity contribution in [3.8, 4) is 0 Å². The van der Waals surface area contributed by atoms with Crippen molar-refractivity contribution in [3.05, 3.63) is 35.6 Å². The summed E-state index contributed by atoms with van der Waals surface area (Å²) in [5, 5.41) is 0. The first-order valence-corrected chi connectivity index (χ1v) is 6.54. The number of ketones is 1. The molecule has 0 saturated carbocycles. The molecule has 0 aromatic heterocycles. The van der Waals surface area contributed by atoms with Crippen molar-refractivity contribution >= 4 is 5.78 Å². The van der Waals surface area contributed by atoms with Crippen LogP contribution in [0.25, 0.3) is 0 Å². The molecule has 3 unspecified atom stereocenters. The van der Waals surface area contributed by atoms with Gasteiger partial charge in [0.15, 0.2) is 0 Å². The molecule has 1 aliphatic heterocycles. The highest BCUT2D eigenvalue weighted by atomic mass is 19.1. The number of carbonyl (C=O) groups is 1. The normalized spacial score (nSPS) is 27.2. The van der Waals surface area contributed by atoms with Gasteiger partial charge in [-0.15, -0.1) is 0 Å². The Labute approximate surface area is 108 Å². The number of Topliss-reactive ketones (excluding diaryl/α,β-unsaturated/α-hetero) is 1. The smallest absolute Gasteiger partial charge is 0.138 e. The molecule has 1 aromatic rings. The molecule has 18 heavy (non-hydrogen) atoms. The predicted octanol–water partition coefficient (Wildman–Crippen LogP) is 3.19. The number of benzene rings is 1. The monoisotopic (exact) mass is 249 g/mol. The van der Waals surface area contributed by atoms with Crippen molar-refractivity contribution in [2.24, 2.45) is 5.92 Å². The molecule has 1 saturated heterocycles. The molecule has 0 amide bonds. The maximum absolute atomic E-state index is 12.9. The summed E-state index contributed by atoms with van der Waals surface area (Å²) in [6.45, 7) is 7.01. The van der Waals surface area contributed by atoms with E-state index in [9.17, 15) is 9.18 Å². The molecule has 3 atom stereocenters. The molecule has 0 radical (unpaired) electrons. The standard InChI is InChI=1S/C15H20FNO/c1-10-11(2)17(9-8-15(10)18)12(3)13-4-6-14(16)7-5-13/h4-7,10-12H,8-9H2,1-3H3. The molecule has 2 nitrogen and oxygen atoms in total. The van der Waals surface area contributed by atoms with E-state index < -0.39 is 0 Å². The van der Waals surface area contributed by atoms with Gasteiger partial charge in [0.2, 0.25) is 0 Å². The molecule has 0 N–H and O–H groups in total. The first-order chi connectivity index (χ1) is 8.50. The number of hydrogen-bond donors (Lipinski definition) is 0. The Bertz CT molecular complexity index is 429. The van der Waals surface area contributed by atoms with Crippen LogP contribution in [0.1, 0.15) is 38.8 Å². The van der Waals surface area contributed by atoms with Gasteiger partial charge in [-0.3, -0.25) is 9.69 Å². The van der Waals surface area contributed by atoms with E-state index in [2.05, 4.69) is 18.7 Å². The maximum atomic E-state index is 12.9. The van der Waals surface area contributed by atoms with Crippen LogP contribution in [0.5, 0.6) is 0 Å². The van der Waals surface area contributed by atoms with Crippen molar-refractivity contribution in [2.45, 2.75) is 39.3 Å². The second-order valence-electron chi connectivity index (χ2n) is 5.21. The zero-order valence-corrected chi connectivity index (χ0v) is 11.2. The van der Waals surface area contributed by atoms with Gasteiger partial charge in [0.25, 0.3) is 0 Å². The van der Waals surface area contributed by atoms with E-state index in [1.165, 1.54) is 12.1 Å². The number of piperidine rings is 1. The molecule has 1 heterocycles. The van der Waals surface area contributed by atoms with Gasteiger partial charge in [-0.05, 0) is 31.5 Å². The zero-order valence-electron chi connectivity index (χ0n) is 11.2. The van der Waals surface area contributed by atoms with Crippen molar-refractivity contribution in [1.29, 1.82) is 0 Å². The third-order valence-corrected chi connectivity index (χ3v) is 4.22. The summed E-state index contributed by atoms with van der Waals surface area (Å²) in [4.78, 5) is 14.0. The fourth-order valence-corrected chi connectivity index (χ4v) is 2.71. The van der Waals surface area contributed by atoms with E-state index in [-0.39, 0.29) is 23.8 Å². The van der Waals surface area contributed by atoms with E-state index >= 15 is 0 Å². The van der Waals surface area contributed by atoms with Gasteiger partial charge in [-0.25, -0.2) is 4.39 Å². The lowest BCUT2D eigenvalue weighted by Gasteiger charge is -2.41. The highest BCUT2D eigenvalue weighted by molar-refractivity contribution is 5.82. The third kappa shape index (κ3) is 2.46. The Kier molecular flexibility index (Phi) is 3.81. The van der Waals surface area contributed by atoms with Crippen LogP contribution in [-0.4, -0.2) is 23.3 Å². The summed E-state index contributed by atoms with van der Waals surface area (Å²) in [6, 6.07) is 7.11. The average Bonchev–Trinajstić information content (AvgIpc) is 2.36. The number of carbonyl (C=O) groups excluding carboxylic acids is 1. The number of rotatable bonds is 2. The topological polar surface area (TPSA) is 20.3 Å². The quantitative estimate of drug-likeness (QED) is 0.802. The van der Waals surface area contributed by atoms with Gasteiger partial charge < -0.3 is 0 Å². The first-order valence-electron chi connectivity index (χ1n) is 6.54. The third-order valence-electron chi connectivity index (χ3n) is 4.22. The minimum atomic E-state index is -0.207. The second-order valence-corrected chi connectivity index (χ2v) is 5.21. The Morgan fingerprint density at radius 1 is 1.28 bits per heavy atom. The van der Waals surface area contributed by atoms with E-state index in [1.54, 1.807) is 0 Å². The van der Waals surface area contributed by atoms with Crippen molar-refractivity contribution in [2.75, 3.05) is 6.54 Å². The van der Waals surface area contributed by atoms with E-state index in [0.29, 0.717) is 12.2 Å². The Morgan fingerprint density at radius 2 is 1.89 bits per heavy atom. The second kappa shape index (κ2) is 5.19. The summed E-state index contributed by atoms with van der Waals surface area (Å²) in [5.74, 6) is 0.230. The van der Waals surface area contributed by atoms with Crippen molar-refractivity contribution < 1.29 is 9.18 Å². The van der Waals surface area contributed by atoms with E-state index in [1.807, 2.05) is 19.1 Å². The molecule has 1 fully saturated rings. The van der Waals surface area contributed by atoms with Gasteiger partial charge in [-0.1, -0.05) is 19.1 Å². The fourth-order valence-electron chi connectivity index (χ4n) is 2.71. The van der Waals surface area contributed by atoms with E-state index in [4.69, 9.17) is 0 Å². The largest absolute Gasteiger partial charge is 0.299 e.